The van der Waals surface area contributed by atoms with Crippen LogP contribution in [-0.4, -0.2) is 21.3 Å². The van der Waals surface area contributed by atoms with Gasteiger partial charge in [0.1, 0.15) is 17.2 Å². The van der Waals surface area contributed by atoms with Crippen LogP contribution in [0.5, 0.6) is 17.2 Å². The second-order valence-electron chi connectivity index (χ2n) is 5.96. The van der Waals surface area contributed by atoms with Crippen LogP contribution in [0.4, 0.5) is 0 Å². The van der Waals surface area contributed by atoms with E-state index in [9.17, 15) is 0 Å². The van der Waals surface area contributed by atoms with Gasteiger partial charge in [-0.05, 0) is 74.6 Å². The standard InChI is InChI=1S/C20H26O3/c1-11-9-16(10-12(2)18(11)21-6)17-15(5)19(22-7)13(3)14(4)20(17)23-8/h9-10H,1-8H3. The Morgan fingerprint density at radius 2 is 1.00 bits per heavy atom. The van der Waals surface area contributed by atoms with E-state index in [4.69, 9.17) is 14.2 Å². The topological polar surface area (TPSA) is 27.7 Å². The van der Waals surface area contributed by atoms with Gasteiger partial charge in [-0.25, -0.2) is 0 Å². The summed E-state index contributed by atoms with van der Waals surface area (Å²) in [5.74, 6) is 2.76. The molecule has 2 aromatic rings. The van der Waals surface area contributed by atoms with Crippen LogP contribution in [0.3, 0.4) is 0 Å². The van der Waals surface area contributed by atoms with Gasteiger partial charge >= 0.3 is 0 Å². The molecule has 124 valence electrons. The first-order valence-electron chi connectivity index (χ1n) is 7.74. The molecule has 0 amide bonds. The summed E-state index contributed by atoms with van der Waals surface area (Å²) in [4.78, 5) is 0. The maximum absolute atomic E-state index is 5.74. The number of ether oxygens (including phenoxy) is 3. The van der Waals surface area contributed by atoms with E-state index < -0.39 is 0 Å². The van der Waals surface area contributed by atoms with Gasteiger partial charge in [0.25, 0.3) is 0 Å². The summed E-state index contributed by atoms with van der Waals surface area (Å²) in [5, 5.41) is 0. The lowest BCUT2D eigenvalue weighted by Crippen LogP contribution is -2.02. The van der Waals surface area contributed by atoms with E-state index in [2.05, 4.69) is 46.8 Å². The quantitative estimate of drug-likeness (QED) is 0.801. The first kappa shape index (κ1) is 17.2. The van der Waals surface area contributed by atoms with Crippen molar-refractivity contribution in [2.75, 3.05) is 21.3 Å². The van der Waals surface area contributed by atoms with E-state index in [1.54, 1.807) is 21.3 Å². The average molecular weight is 314 g/mol. The monoisotopic (exact) mass is 314 g/mol. The summed E-state index contributed by atoms with van der Waals surface area (Å²) in [6, 6.07) is 4.29. The Labute approximate surface area is 139 Å². The summed E-state index contributed by atoms with van der Waals surface area (Å²) < 4.78 is 16.9. The molecule has 0 unspecified atom stereocenters. The molecule has 0 saturated heterocycles. The number of benzene rings is 2. The lowest BCUT2D eigenvalue weighted by atomic mass is 9.91. The molecular formula is C20H26O3. The fraction of sp³-hybridized carbons (Fsp3) is 0.400. The number of rotatable bonds is 4. The van der Waals surface area contributed by atoms with Crippen molar-refractivity contribution < 1.29 is 14.2 Å². The molecule has 3 nitrogen and oxygen atoms in total. The van der Waals surface area contributed by atoms with Crippen LogP contribution in [0.2, 0.25) is 0 Å². The third kappa shape index (κ3) is 2.76. The van der Waals surface area contributed by atoms with E-state index in [0.29, 0.717) is 0 Å². The predicted octanol–water partition coefficient (Wildman–Crippen LogP) is 4.92. The molecule has 0 atom stereocenters. The van der Waals surface area contributed by atoms with Crippen LogP contribution in [-0.2, 0) is 0 Å². The van der Waals surface area contributed by atoms with Crippen molar-refractivity contribution in [2.24, 2.45) is 0 Å². The Hall–Kier alpha value is -2.16. The van der Waals surface area contributed by atoms with E-state index >= 15 is 0 Å². The van der Waals surface area contributed by atoms with Crippen molar-refractivity contribution in [1.29, 1.82) is 0 Å². The van der Waals surface area contributed by atoms with E-state index in [1.807, 2.05) is 0 Å². The van der Waals surface area contributed by atoms with Crippen LogP contribution in [0.1, 0.15) is 27.8 Å². The van der Waals surface area contributed by atoms with Gasteiger partial charge in [0.05, 0.1) is 21.3 Å². The van der Waals surface area contributed by atoms with Gasteiger partial charge in [-0.3, -0.25) is 0 Å². The van der Waals surface area contributed by atoms with Crippen molar-refractivity contribution >= 4 is 0 Å². The second kappa shape index (κ2) is 6.53. The highest BCUT2D eigenvalue weighted by atomic mass is 16.5. The van der Waals surface area contributed by atoms with E-state index in [1.165, 1.54) is 0 Å². The molecule has 0 bridgehead atoms. The first-order chi connectivity index (χ1) is 10.9. The minimum absolute atomic E-state index is 0.907. The summed E-state index contributed by atoms with van der Waals surface area (Å²) in [5.41, 5.74) is 7.75. The summed E-state index contributed by atoms with van der Waals surface area (Å²) in [6.07, 6.45) is 0. The number of hydrogen-bond acceptors (Lipinski definition) is 3. The van der Waals surface area contributed by atoms with Gasteiger partial charge in [-0.2, -0.15) is 0 Å². The molecule has 0 spiro atoms. The Bertz CT molecular complexity index is 722. The van der Waals surface area contributed by atoms with E-state index in [-0.39, 0.29) is 0 Å². The van der Waals surface area contributed by atoms with Crippen molar-refractivity contribution in [1.82, 2.24) is 0 Å². The Morgan fingerprint density at radius 1 is 0.565 bits per heavy atom. The first-order valence-corrected chi connectivity index (χ1v) is 7.74. The smallest absolute Gasteiger partial charge is 0.130 e. The Morgan fingerprint density at radius 3 is 1.43 bits per heavy atom. The van der Waals surface area contributed by atoms with Crippen LogP contribution in [0.15, 0.2) is 12.1 Å². The second-order valence-corrected chi connectivity index (χ2v) is 5.96. The molecule has 0 aliphatic carbocycles. The molecule has 0 radical (unpaired) electrons. The molecule has 0 aromatic heterocycles. The summed E-state index contributed by atoms with van der Waals surface area (Å²) >= 11 is 0. The zero-order valence-electron chi connectivity index (χ0n) is 15.4. The molecule has 0 saturated carbocycles. The number of hydrogen-bond donors (Lipinski definition) is 0. The third-order valence-electron chi connectivity index (χ3n) is 4.55. The maximum atomic E-state index is 5.74. The van der Waals surface area contributed by atoms with Crippen molar-refractivity contribution in [3.63, 3.8) is 0 Å². The Balaban J connectivity index is 2.85. The van der Waals surface area contributed by atoms with Gasteiger partial charge in [0, 0.05) is 11.1 Å². The van der Waals surface area contributed by atoms with E-state index in [0.717, 1.165) is 56.2 Å². The normalized spacial score (nSPS) is 10.6. The van der Waals surface area contributed by atoms with Crippen LogP contribution in [0.25, 0.3) is 11.1 Å². The fourth-order valence-corrected chi connectivity index (χ4v) is 3.42. The molecule has 0 heterocycles. The van der Waals surface area contributed by atoms with Crippen LogP contribution >= 0.6 is 0 Å². The zero-order valence-corrected chi connectivity index (χ0v) is 15.4. The maximum Gasteiger partial charge on any atom is 0.130 e. The largest absolute Gasteiger partial charge is 0.496 e. The molecule has 3 heteroatoms. The van der Waals surface area contributed by atoms with Crippen LogP contribution in [0, 0.1) is 34.6 Å². The Kier molecular flexibility index (Phi) is 4.88. The molecule has 0 aliphatic heterocycles. The summed E-state index contributed by atoms with van der Waals surface area (Å²) in [6.45, 7) is 10.4. The highest BCUT2D eigenvalue weighted by Crippen LogP contribution is 2.44. The highest BCUT2D eigenvalue weighted by molar-refractivity contribution is 5.81. The number of aryl methyl sites for hydroxylation is 2. The summed E-state index contributed by atoms with van der Waals surface area (Å²) in [7, 11) is 5.15. The lowest BCUT2D eigenvalue weighted by Gasteiger charge is -2.21. The molecule has 23 heavy (non-hydrogen) atoms. The van der Waals surface area contributed by atoms with Crippen molar-refractivity contribution in [3.05, 3.63) is 39.9 Å². The van der Waals surface area contributed by atoms with Gasteiger partial charge in [0.15, 0.2) is 0 Å². The van der Waals surface area contributed by atoms with Gasteiger partial charge < -0.3 is 14.2 Å². The third-order valence-corrected chi connectivity index (χ3v) is 4.55. The fourth-order valence-electron chi connectivity index (χ4n) is 3.42. The van der Waals surface area contributed by atoms with Crippen LogP contribution < -0.4 is 14.2 Å². The minimum Gasteiger partial charge on any atom is -0.496 e. The van der Waals surface area contributed by atoms with Gasteiger partial charge in [0.2, 0.25) is 0 Å². The highest BCUT2D eigenvalue weighted by Gasteiger charge is 2.21. The molecule has 2 aromatic carbocycles. The molecule has 0 aliphatic rings. The van der Waals surface area contributed by atoms with Gasteiger partial charge in [-0.1, -0.05) is 0 Å². The SMILES string of the molecule is COc1c(C)cc(-c2c(C)c(OC)c(C)c(C)c2OC)cc1C. The molecular weight excluding hydrogens is 288 g/mol. The van der Waals surface area contributed by atoms with Crippen molar-refractivity contribution in [2.45, 2.75) is 34.6 Å². The zero-order chi connectivity index (χ0) is 17.3. The molecule has 2 rings (SSSR count). The lowest BCUT2D eigenvalue weighted by molar-refractivity contribution is 0.396. The predicted molar refractivity (Wildman–Crippen MR) is 95.2 cm³/mol. The molecule has 0 N–H and O–H groups in total. The van der Waals surface area contributed by atoms with Crippen molar-refractivity contribution in [3.8, 4) is 28.4 Å². The van der Waals surface area contributed by atoms with Gasteiger partial charge in [-0.15, -0.1) is 0 Å². The minimum atomic E-state index is 0.907. The average Bonchev–Trinajstić information content (AvgIpc) is 2.50. The molecule has 0 fully saturated rings. The number of methoxy groups -OCH3 is 3.